The van der Waals surface area contributed by atoms with Crippen LogP contribution >= 0.6 is 23.2 Å². The molecule has 0 N–H and O–H groups in total. The monoisotopic (exact) mass is 293 g/mol. The highest BCUT2D eigenvalue weighted by Gasteiger charge is 2.42. The number of hydrogen-bond donors (Lipinski definition) is 0. The molecule has 0 saturated heterocycles. The molecule has 95 valence electrons. The van der Waals surface area contributed by atoms with Gasteiger partial charge in [-0.15, -0.1) is 5.10 Å². The van der Waals surface area contributed by atoms with Crippen LogP contribution in [0.5, 0.6) is 0 Å². The van der Waals surface area contributed by atoms with Crippen LogP contribution in [0, 0.1) is 0 Å². The molecule has 0 saturated carbocycles. The minimum atomic E-state index is -4.58. The first-order chi connectivity index (χ1) is 8.30. The Morgan fingerprint density at radius 1 is 1.17 bits per heavy atom. The van der Waals surface area contributed by atoms with E-state index in [4.69, 9.17) is 23.2 Å². The number of benzene rings is 1. The summed E-state index contributed by atoms with van der Waals surface area (Å²) in [5, 5.41) is 3.62. The maximum Gasteiger partial charge on any atom is 0.435 e. The number of alkyl halides is 3. The molecule has 7 heteroatoms. The molecule has 1 aliphatic rings. The van der Waals surface area contributed by atoms with Crippen molar-refractivity contribution in [1.82, 2.24) is 5.43 Å². The van der Waals surface area contributed by atoms with Crippen LogP contribution in [0.25, 0.3) is 5.57 Å². The summed E-state index contributed by atoms with van der Waals surface area (Å²) in [4.78, 5) is 0. The Morgan fingerprint density at radius 3 is 2.44 bits per heavy atom. The minimum absolute atomic E-state index is 0.130. The molecular formula is C11H6Cl2F3N2. The first kappa shape index (κ1) is 13.2. The van der Waals surface area contributed by atoms with E-state index in [-0.39, 0.29) is 21.9 Å². The zero-order chi connectivity index (χ0) is 13.5. The van der Waals surface area contributed by atoms with E-state index >= 15 is 0 Å². The maximum atomic E-state index is 12.8. The predicted molar refractivity (Wildman–Crippen MR) is 64.7 cm³/mol. The summed E-state index contributed by atoms with van der Waals surface area (Å²) in [6.45, 7) is 1.44. The fraction of sp³-hybridized carbons (Fsp3) is 0.182. The highest BCUT2D eigenvalue weighted by Crippen LogP contribution is 2.37. The van der Waals surface area contributed by atoms with Crippen molar-refractivity contribution >= 4 is 34.5 Å². The smallest absolute Gasteiger partial charge is 0.164 e. The van der Waals surface area contributed by atoms with Crippen molar-refractivity contribution in [2.75, 3.05) is 0 Å². The molecule has 2 nitrogen and oxygen atoms in total. The zero-order valence-electron chi connectivity index (χ0n) is 9.02. The quantitative estimate of drug-likeness (QED) is 0.740. The molecule has 1 radical (unpaired) electrons. The van der Waals surface area contributed by atoms with Crippen LogP contribution in [0.3, 0.4) is 0 Å². The van der Waals surface area contributed by atoms with Gasteiger partial charge in [0.1, 0.15) is 0 Å². The fourth-order valence-electron chi connectivity index (χ4n) is 1.61. The van der Waals surface area contributed by atoms with E-state index in [0.717, 1.165) is 0 Å². The van der Waals surface area contributed by atoms with Gasteiger partial charge < -0.3 is 0 Å². The first-order valence-corrected chi connectivity index (χ1v) is 5.59. The lowest BCUT2D eigenvalue weighted by Gasteiger charge is -2.11. The summed E-state index contributed by atoms with van der Waals surface area (Å²) >= 11 is 11.7. The molecule has 0 bridgehead atoms. The second-order valence-electron chi connectivity index (χ2n) is 3.63. The largest absolute Gasteiger partial charge is 0.435 e. The topological polar surface area (TPSA) is 26.5 Å². The van der Waals surface area contributed by atoms with Crippen molar-refractivity contribution in [3.8, 4) is 0 Å². The van der Waals surface area contributed by atoms with Crippen molar-refractivity contribution in [2.24, 2.45) is 5.10 Å². The van der Waals surface area contributed by atoms with Gasteiger partial charge in [0.05, 0.1) is 5.70 Å². The van der Waals surface area contributed by atoms with Crippen LogP contribution in [-0.4, -0.2) is 11.9 Å². The molecule has 0 unspecified atom stereocenters. The Hall–Kier alpha value is -1.20. The molecule has 1 aromatic rings. The highest BCUT2D eigenvalue weighted by molar-refractivity contribution is 6.38. The van der Waals surface area contributed by atoms with Gasteiger partial charge in [-0.05, 0) is 25.1 Å². The highest BCUT2D eigenvalue weighted by atomic mass is 35.5. The van der Waals surface area contributed by atoms with Crippen molar-refractivity contribution in [3.63, 3.8) is 0 Å². The van der Waals surface area contributed by atoms with Crippen LogP contribution < -0.4 is 5.43 Å². The summed E-state index contributed by atoms with van der Waals surface area (Å²) < 4.78 is 38.4. The molecule has 1 heterocycles. The van der Waals surface area contributed by atoms with E-state index in [1.54, 1.807) is 0 Å². The van der Waals surface area contributed by atoms with Gasteiger partial charge in [0.25, 0.3) is 0 Å². The van der Waals surface area contributed by atoms with Crippen LogP contribution in [0.15, 0.2) is 29.0 Å². The lowest BCUT2D eigenvalue weighted by atomic mass is 9.99. The van der Waals surface area contributed by atoms with E-state index in [1.165, 1.54) is 25.1 Å². The second kappa shape index (κ2) is 4.48. The molecule has 0 aromatic heterocycles. The average molecular weight is 294 g/mol. The first-order valence-electron chi connectivity index (χ1n) is 4.83. The zero-order valence-corrected chi connectivity index (χ0v) is 10.5. The van der Waals surface area contributed by atoms with E-state index < -0.39 is 11.9 Å². The number of nitrogens with zero attached hydrogens (tertiary/aromatic N) is 2. The standard InChI is InChI=1S/C11H6Cl2F3N2/c1-5-9(10(18-17-5)11(14,15)16)7-4-6(12)2-3-8(7)13/h2-4H,1H3. The number of rotatable bonds is 1. The van der Waals surface area contributed by atoms with E-state index in [1.807, 2.05) is 0 Å². The van der Waals surface area contributed by atoms with E-state index in [2.05, 4.69) is 10.5 Å². The molecule has 1 aliphatic heterocycles. The van der Waals surface area contributed by atoms with Crippen LogP contribution in [0.2, 0.25) is 10.0 Å². The summed E-state index contributed by atoms with van der Waals surface area (Å²) in [6, 6.07) is 4.30. The Morgan fingerprint density at radius 2 is 1.83 bits per heavy atom. The third-order valence-corrected chi connectivity index (χ3v) is 2.93. The van der Waals surface area contributed by atoms with Crippen molar-refractivity contribution < 1.29 is 13.2 Å². The van der Waals surface area contributed by atoms with Crippen molar-refractivity contribution in [2.45, 2.75) is 13.1 Å². The molecule has 0 amide bonds. The molecule has 18 heavy (non-hydrogen) atoms. The van der Waals surface area contributed by atoms with Gasteiger partial charge in [-0.1, -0.05) is 23.2 Å². The van der Waals surface area contributed by atoms with Gasteiger partial charge in [0, 0.05) is 21.2 Å². The molecule has 2 rings (SSSR count). The molecule has 0 spiro atoms. The van der Waals surface area contributed by atoms with Gasteiger partial charge in [-0.25, -0.2) is 0 Å². The van der Waals surface area contributed by atoms with Crippen LogP contribution in [0.4, 0.5) is 13.2 Å². The molecule has 1 aromatic carbocycles. The summed E-state index contributed by atoms with van der Waals surface area (Å²) in [6.07, 6.45) is -4.58. The number of hydrogen-bond acceptors (Lipinski definition) is 1. The van der Waals surface area contributed by atoms with Gasteiger partial charge in [-0.2, -0.15) is 18.6 Å². The maximum absolute atomic E-state index is 12.8. The van der Waals surface area contributed by atoms with Gasteiger partial charge >= 0.3 is 6.18 Å². The Bertz CT molecular complexity index is 562. The third kappa shape index (κ3) is 2.33. The normalized spacial score (nSPS) is 15.8. The molecular weight excluding hydrogens is 288 g/mol. The van der Waals surface area contributed by atoms with Gasteiger partial charge in [0.15, 0.2) is 5.71 Å². The molecule has 0 aliphatic carbocycles. The molecule has 0 fully saturated rings. The second-order valence-corrected chi connectivity index (χ2v) is 4.47. The van der Waals surface area contributed by atoms with Crippen LogP contribution in [0.1, 0.15) is 12.5 Å². The SMILES string of the molecule is CC1=C(c2cc(Cl)ccc2Cl)C(C(F)(F)F)=N[N]1. The lowest BCUT2D eigenvalue weighted by Crippen LogP contribution is -2.23. The number of halogens is 5. The Balaban J connectivity index is 2.59. The summed E-state index contributed by atoms with van der Waals surface area (Å²) in [7, 11) is 0. The third-order valence-electron chi connectivity index (χ3n) is 2.36. The molecule has 0 atom stereocenters. The Labute approximate surface area is 111 Å². The predicted octanol–water partition coefficient (Wildman–Crippen LogP) is 4.26. The Kier molecular flexibility index (Phi) is 3.29. The minimum Gasteiger partial charge on any atom is -0.164 e. The van der Waals surface area contributed by atoms with Crippen LogP contribution in [-0.2, 0) is 0 Å². The lowest BCUT2D eigenvalue weighted by molar-refractivity contribution is -0.0572. The van der Waals surface area contributed by atoms with Crippen molar-refractivity contribution in [1.29, 1.82) is 0 Å². The van der Waals surface area contributed by atoms with E-state index in [9.17, 15) is 13.2 Å². The fourth-order valence-corrected chi connectivity index (χ4v) is 1.99. The van der Waals surface area contributed by atoms with E-state index in [0.29, 0.717) is 5.02 Å². The average Bonchev–Trinajstić information content (AvgIpc) is 2.63. The number of allylic oxidation sites excluding steroid dienone is 2. The summed E-state index contributed by atoms with van der Waals surface area (Å²) in [5.41, 5.74) is 2.62. The van der Waals surface area contributed by atoms with Gasteiger partial charge in [0.2, 0.25) is 0 Å². The summed E-state index contributed by atoms with van der Waals surface area (Å²) in [5.74, 6) is 0. The van der Waals surface area contributed by atoms with Crippen molar-refractivity contribution in [3.05, 3.63) is 39.5 Å². The van der Waals surface area contributed by atoms with Gasteiger partial charge in [-0.3, -0.25) is 0 Å².